The minimum atomic E-state index is -0.580. The highest BCUT2D eigenvalue weighted by atomic mass is 16.5. The number of nitrogens with one attached hydrogen (secondary N) is 1. The average Bonchev–Trinajstić information content (AvgIpc) is 2.69. The Balaban J connectivity index is 2.18. The van der Waals surface area contributed by atoms with Crippen LogP contribution in [0.15, 0.2) is 54.6 Å². The normalized spacial score (nSPS) is 12.2. The zero-order chi connectivity index (χ0) is 21.4. The van der Waals surface area contributed by atoms with Gasteiger partial charge in [0.2, 0.25) is 11.8 Å². The van der Waals surface area contributed by atoms with E-state index < -0.39 is 6.04 Å². The molecule has 2 rings (SSSR count). The van der Waals surface area contributed by atoms with Crippen LogP contribution in [0.5, 0.6) is 5.75 Å². The quantitative estimate of drug-likeness (QED) is 0.735. The van der Waals surface area contributed by atoms with E-state index in [1.807, 2.05) is 75.4 Å². The molecule has 0 fully saturated rings. The molecule has 5 nitrogen and oxygen atoms in total. The van der Waals surface area contributed by atoms with E-state index >= 15 is 0 Å². The number of ether oxygens (including phenoxy) is 1. The maximum atomic E-state index is 13.1. The molecule has 0 aromatic heterocycles. The van der Waals surface area contributed by atoms with Crippen LogP contribution in [0.1, 0.15) is 45.2 Å². The Morgan fingerprint density at radius 1 is 1.03 bits per heavy atom. The highest BCUT2D eigenvalue weighted by molar-refractivity contribution is 5.87. The summed E-state index contributed by atoms with van der Waals surface area (Å²) in [6, 6.07) is 16.9. The molecule has 29 heavy (non-hydrogen) atoms. The van der Waals surface area contributed by atoms with Crippen LogP contribution in [0.2, 0.25) is 0 Å². The van der Waals surface area contributed by atoms with E-state index in [0.717, 1.165) is 16.9 Å². The summed E-state index contributed by atoms with van der Waals surface area (Å²) < 4.78 is 5.29. The van der Waals surface area contributed by atoms with Gasteiger partial charge in [-0.15, -0.1) is 0 Å². The summed E-state index contributed by atoms with van der Waals surface area (Å²) in [5.74, 6) is 0.521. The summed E-state index contributed by atoms with van der Waals surface area (Å²) in [7, 11) is 1.61. The number of rotatable bonds is 8. The largest absolute Gasteiger partial charge is 0.497 e. The molecule has 0 spiro atoms. The van der Waals surface area contributed by atoms with Gasteiger partial charge < -0.3 is 15.0 Å². The number of hydrogen-bond donors (Lipinski definition) is 1. The van der Waals surface area contributed by atoms with Crippen LogP contribution < -0.4 is 10.1 Å². The molecule has 1 N–H and O–H groups in total. The predicted octanol–water partition coefficient (Wildman–Crippen LogP) is 3.96. The van der Waals surface area contributed by atoms with Crippen molar-refractivity contribution < 1.29 is 14.3 Å². The fourth-order valence-corrected chi connectivity index (χ4v) is 3.06. The molecule has 0 radical (unpaired) electrons. The summed E-state index contributed by atoms with van der Waals surface area (Å²) >= 11 is 0. The second kappa shape index (κ2) is 10.1. The van der Waals surface area contributed by atoms with Gasteiger partial charge in [-0.1, -0.05) is 42.5 Å². The standard InChI is InChI=1S/C24H32N2O3/c1-18(23(28)25-24(2,3)4)26(17-20-12-9-13-21(16-20)29-5)22(27)15-14-19-10-7-6-8-11-19/h6-13,16,18H,14-15,17H2,1-5H3,(H,25,28). The van der Waals surface area contributed by atoms with Crippen molar-refractivity contribution in [2.75, 3.05) is 7.11 Å². The van der Waals surface area contributed by atoms with Gasteiger partial charge in [0.05, 0.1) is 7.11 Å². The Morgan fingerprint density at radius 2 is 1.69 bits per heavy atom. The van der Waals surface area contributed by atoms with E-state index in [1.165, 1.54) is 0 Å². The van der Waals surface area contributed by atoms with Crippen molar-refractivity contribution in [1.82, 2.24) is 10.2 Å². The topological polar surface area (TPSA) is 58.6 Å². The highest BCUT2D eigenvalue weighted by Gasteiger charge is 2.28. The van der Waals surface area contributed by atoms with Crippen LogP contribution in [0.4, 0.5) is 0 Å². The predicted molar refractivity (Wildman–Crippen MR) is 116 cm³/mol. The Kier molecular flexibility index (Phi) is 7.82. The number of methoxy groups -OCH3 is 1. The van der Waals surface area contributed by atoms with E-state index in [4.69, 9.17) is 4.74 Å². The highest BCUT2D eigenvalue weighted by Crippen LogP contribution is 2.18. The molecule has 0 bridgehead atoms. The Morgan fingerprint density at radius 3 is 2.31 bits per heavy atom. The van der Waals surface area contributed by atoms with Crippen LogP contribution in [-0.4, -0.2) is 35.4 Å². The molecule has 5 heteroatoms. The number of amides is 2. The van der Waals surface area contributed by atoms with Crippen LogP contribution >= 0.6 is 0 Å². The summed E-state index contributed by atoms with van der Waals surface area (Å²) in [6.45, 7) is 7.93. The van der Waals surface area contributed by atoms with Crippen molar-refractivity contribution >= 4 is 11.8 Å². The number of carbonyl (C=O) groups is 2. The fourth-order valence-electron chi connectivity index (χ4n) is 3.06. The summed E-state index contributed by atoms with van der Waals surface area (Å²) in [4.78, 5) is 27.5. The minimum Gasteiger partial charge on any atom is -0.497 e. The first kappa shape index (κ1) is 22.5. The van der Waals surface area contributed by atoms with Crippen molar-refractivity contribution in [2.24, 2.45) is 0 Å². The molecule has 2 aromatic rings. The molecule has 1 atom stereocenters. The van der Waals surface area contributed by atoms with E-state index in [0.29, 0.717) is 19.4 Å². The Bertz CT molecular complexity index is 812. The number of hydrogen-bond acceptors (Lipinski definition) is 3. The Labute approximate surface area is 174 Å². The van der Waals surface area contributed by atoms with Crippen LogP contribution in [0, 0.1) is 0 Å². The number of aryl methyl sites for hydroxylation is 1. The molecular weight excluding hydrogens is 364 g/mol. The molecule has 0 aliphatic heterocycles. The smallest absolute Gasteiger partial charge is 0.242 e. The van der Waals surface area contributed by atoms with Crippen molar-refractivity contribution in [2.45, 2.75) is 58.7 Å². The molecule has 1 unspecified atom stereocenters. The van der Waals surface area contributed by atoms with Gasteiger partial charge in [0.15, 0.2) is 0 Å². The lowest BCUT2D eigenvalue weighted by Crippen LogP contribution is -2.52. The van der Waals surface area contributed by atoms with Crippen molar-refractivity contribution in [1.29, 1.82) is 0 Å². The zero-order valence-corrected chi connectivity index (χ0v) is 18.1. The van der Waals surface area contributed by atoms with Gasteiger partial charge >= 0.3 is 0 Å². The van der Waals surface area contributed by atoms with Gasteiger partial charge in [0.25, 0.3) is 0 Å². The number of carbonyl (C=O) groups excluding carboxylic acids is 2. The number of nitrogens with zero attached hydrogens (tertiary/aromatic N) is 1. The lowest BCUT2D eigenvalue weighted by atomic mass is 10.1. The molecule has 0 aliphatic carbocycles. The molecule has 0 saturated heterocycles. The minimum absolute atomic E-state index is 0.0479. The average molecular weight is 397 g/mol. The first-order chi connectivity index (χ1) is 13.7. The third-order valence-corrected chi connectivity index (χ3v) is 4.62. The maximum absolute atomic E-state index is 13.1. The van der Waals surface area contributed by atoms with E-state index in [2.05, 4.69) is 5.32 Å². The monoisotopic (exact) mass is 396 g/mol. The zero-order valence-electron chi connectivity index (χ0n) is 18.1. The summed E-state index contributed by atoms with van der Waals surface area (Å²) in [5, 5.41) is 2.98. The van der Waals surface area contributed by atoms with Crippen LogP contribution in [-0.2, 0) is 22.6 Å². The van der Waals surface area contributed by atoms with E-state index in [-0.39, 0.29) is 17.4 Å². The summed E-state index contributed by atoms with van der Waals surface area (Å²) in [6.07, 6.45) is 0.989. The first-order valence-electron chi connectivity index (χ1n) is 9.98. The third-order valence-electron chi connectivity index (χ3n) is 4.62. The van der Waals surface area contributed by atoms with Crippen molar-refractivity contribution in [3.63, 3.8) is 0 Å². The molecule has 0 heterocycles. The number of benzene rings is 2. The van der Waals surface area contributed by atoms with Gasteiger partial charge in [-0.05, 0) is 57.4 Å². The molecule has 0 saturated carbocycles. The van der Waals surface area contributed by atoms with Crippen LogP contribution in [0.25, 0.3) is 0 Å². The molecule has 156 valence electrons. The maximum Gasteiger partial charge on any atom is 0.242 e. The van der Waals surface area contributed by atoms with Gasteiger partial charge in [-0.2, -0.15) is 0 Å². The van der Waals surface area contributed by atoms with Gasteiger partial charge in [-0.3, -0.25) is 9.59 Å². The second-order valence-electron chi connectivity index (χ2n) is 8.27. The van der Waals surface area contributed by atoms with Crippen molar-refractivity contribution in [3.8, 4) is 5.75 Å². The molecule has 2 aromatic carbocycles. The van der Waals surface area contributed by atoms with E-state index in [1.54, 1.807) is 18.9 Å². The summed E-state index contributed by atoms with van der Waals surface area (Å²) in [5.41, 5.74) is 1.67. The fraction of sp³-hybridized carbons (Fsp3) is 0.417. The third kappa shape index (κ3) is 7.26. The van der Waals surface area contributed by atoms with Crippen molar-refractivity contribution in [3.05, 3.63) is 65.7 Å². The molecule has 2 amide bonds. The molecular formula is C24H32N2O3. The van der Waals surface area contributed by atoms with Gasteiger partial charge in [-0.25, -0.2) is 0 Å². The lowest BCUT2D eigenvalue weighted by molar-refractivity contribution is -0.141. The molecule has 0 aliphatic rings. The first-order valence-corrected chi connectivity index (χ1v) is 9.98. The lowest BCUT2D eigenvalue weighted by Gasteiger charge is -2.31. The Hall–Kier alpha value is -2.82. The SMILES string of the molecule is COc1cccc(CN(C(=O)CCc2ccccc2)C(C)C(=O)NC(C)(C)C)c1. The van der Waals surface area contributed by atoms with Gasteiger partial charge in [0, 0.05) is 18.5 Å². The second-order valence-corrected chi connectivity index (χ2v) is 8.27. The van der Waals surface area contributed by atoms with E-state index in [9.17, 15) is 9.59 Å². The van der Waals surface area contributed by atoms with Gasteiger partial charge in [0.1, 0.15) is 11.8 Å². The van der Waals surface area contributed by atoms with Crippen LogP contribution in [0.3, 0.4) is 0 Å².